The van der Waals surface area contributed by atoms with Crippen LogP contribution in [0.5, 0.6) is 0 Å². The molecule has 2 heteroatoms. The van der Waals surface area contributed by atoms with Gasteiger partial charge in [-0.3, -0.25) is 0 Å². The first kappa shape index (κ1) is 21.7. The number of aryl methyl sites for hydroxylation is 1. The van der Waals surface area contributed by atoms with Crippen molar-refractivity contribution in [3.8, 4) is 0 Å². The van der Waals surface area contributed by atoms with Crippen molar-refractivity contribution in [1.82, 2.24) is 0 Å². The third kappa shape index (κ3) is 4.70. The minimum absolute atomic E-state index is 0.346. The monoisotopic (exact) mass is 420 g/mol. The predicted octanol–water partition coefficient (Wildman–Crippen LogP) is 7.91. The Morgan fingerprint density at radius 3 is 2.06 bits per heavy atom. The fraction of sp³-hybridized carbons (Fsp3) is 0.200. The first-order chi connectivity index (χ1) is 15.6. The average Bonchev–Trinajstić information content (AvgIpc) is 2.85. The molecule has 162 valence electrons. The number of allylic oxidation sites excluding steroid dienone is 3. The summed E-state index contributed by atoms with van der Waals surface area (Å²) in [5.41, 5.74) is 8.64. The first-order valence-electron chi connectivity index (χ1n) is 11.3. The van der Waals surface area contributed by atoms with Crippen molar-refractivity contribution in [1.29, 1.82) is 0 Å². The standard InChI is InChI=1S/C30H32N2/c1-5-24(3)25-13-17-29(18-14-25)32(28-9-7-6-8-10-28)30-21-19-27(20-22-30)31(4)26-15-11-23(2)12-16-26/h5-19,21-22,27H,20H2,1-4H3/b24-5+. The SMILES string of the molecule is C/C=C(\C)c1ccc(N(C2=CCC(N(C)c3ccc(C)cc3)C=C2)c2ccccc2)cc1. The van der Waals surface area contributed by atoms with Gasteiger partial charge in [0.15, 0.2) is 0 Å². The zero-order valence-electron chi connectivity index (χ0n) is 19.5. The quantitative estimate of drug-likeness (QED) is 0.400. The maximum Gasteiger partial charge on any atom is 0.0508 e. The highest BCUT2D eigenvalue weighted by Crippen LogP contribution is 2.33. The number of anilines is 3. The Kier molecular flexibility index (Phi) is 6.61. The molecule has 4 rings (SSSR count). The summed E-state index contributed by atoms with van der Waals surface area (Å²) < 4.78 is 0. The third-order valence-corrected chi connectivity index (χ3v) is 6.28. The molecule has 0 aliphatic heterocycles. The molecule has 0 radical (unpaired) electrons. The number of benzene rings is 3. The van der Waals surface area contributed by atoms with E-state index in [0.29, 0.717) is 6.04 Å². The van der Waals surface area contributed by atoms with Crippen LogP contribution < -0.4 is 9.80 Å². The molecule has 3 aromatic rings. The number of likely N-dealkylation sites (N-methyl/N-ethyl adjacent to an activating group) is 1. The topological polar surface area (TPSA) is 6.48 Å². The lowest BCUT2D eigenvalue weighted by Crippen LogP contribution is -2.31. The molecule has 0 amide bonds. The van der Waals surface area contributed by atoms with Gasteiger partial charge < -0.3 is 9.80 Å². The molecule has 0 saturated heterocycles. The molecule has 32 heavy (non-hydrogen) atoms. The maximum absolute atomic E-state index is 2.35. The van der Waals surface area contributed by atoms with E-state index < -0.39 is 0 Å². The van der Waals surface area contributed by atoms with Crippen LogP contribution in [0, 0.1) is 6.92 Å². The largest absolute Gasteiger partial charge is 0.368 e. The molecule has 2 nitrogen and oxygen atoms in total. The number of hydrogen-bond acceptors (Lipinski definition) is 2. The van der Waals surface area contributed by atoms with Gasteiger partial charge in [0.2, 0.25) is 0 Å². The predicted molar refractivity (Wildman–Crippen MR) is 140 cm³/mol. The summed E-state index contributed by atoms with van der Waals surface area (Å²) in [5.74, 6) is 0. The lowest BCUT2D eigenvalue weighted by Gasteiger charge is -2.32. The summed E-state index contributed by atoms with van der Waals surface area (Å²) in [6.45, 7) is 6.37. The van der Waals surface area contributed by atoms with Crippen molar-refractivity contribution >= 4 is 22.6 Å². The van der Waals surface area contributed by atoms with Crippen molar-refractivity contribution in [2.75, 3.05) is 16.8 Å². The van der Waals surface area contributed by atoms with E-state index in [2.05, 4.69) is 141 Å². The van der Waals surface area contributed by atoms with E-state index in [1.165, 1.54) is 39.5 Å². The van der Waals surface area contributed by atoms with Crippen LogP contribution in [-0.4, -0.2) is 13.1 Å². The molecule has 0 saturated carbocycles. The van der Waals surface area contributed by atoms with Gasteiger partial charge >= 0.3 is 0 Å². The molecule has 0 bridgehead atoms. The van der Waals surface area contributed by atoms with Gasteiger partial charge in [0, 0.05) is 29.8 Å². The minimum Gasteiger partial charge on any atom is -0.368 e. The fourth-order valence-electron chi connectivity index (χ4n) is 4.09. The van der Waals surface area contributed by atoms with Gasteiger partial charge in [-0.25, -0.2) is 0 Å². The van der Waals surface area contributed by atoms with Gasteiger partial charge in [-0.15, -0.1) is 0 Å². The van der Waals surface area contributed by atoms with E-state index in [4.69, 9.17) is 0 Å². The van der Waals surface area contributed by atoms with E-state index >= 15 is 0 Å². The number of hydrogen-bond donors (Lipinski definition) is 0. The van der Waals surface area contributed by atoms with Crippen LogP contribution in [0.1, 0.15) is 31.4 Å². The second kappa shape index (κ2) is 9.74. The third-order valence-electron chi connectivity index (χ3n) is 6.28. The molecule has 3 aromatic carbocycles. The van der Waals surface area contributed by atoms with Crippen LogP contribution in [-0.2, 0) is 0 Å². The Labute approximate surface area is 192 Å². The Bertz CT molecular complexity index is 1120. The van der Waals surface area contributed by atoms with Crippen molar-refractivity contribution in [3.63, 3.8) is 0 Å². The van der Waals surface area contributed by atoms with E-state index in [-0.39, 0.29) is 0 Å². The molecular formula is C30H32N2. The number of para-hydroxylation sites is 1. The summed E-state index contributed by atoms with van der Waals surface area (Å²) >= 11 is 0. The minimum atomic E-state index is 0.346. The summed E-state index contributed by atoms with van der Waals surface area (Å²) in [4.78, 5) is 4.69. The Morgan fingerprint density at radius 2 is 1.47 bits per heavy atom. The van der Waals surface area contributed by atoms with Gasteiger partial charge in [-0.1, -0.05) is 66.3 Å². The van der Waals surface area contributed by atoms with Crippen LogP contribution in [0.25, 0.3) is 5.57 Å². The highest BCUT2D eigenvalue weighted by molar-refractivity contribution is 5.73. The van der Waals surface area contributed by atoms with Crippen molar-refractivity contribution in [2.24, 2.45) is 0 Å². The molecular weight excluding hydrogens is 388 g/mol. The van der Waals surface area contributed by atoms with Gasteiger partial charge in [-0.05, 0) is 80.8 Å². The molecule has 0 aromatic heterocycles. The molecule has 0 heterocycles. The van der Waals surface area contributed by atoms with Crippen molar-refractivity contribution < 1.29 is 0 Å². The maximum atomic E-state index is 2.35. The summed E-state index contributed by atoms with van der Waals surface area (Å²) in [5, 5.41) is 0. The van der Waals surface area contributed by atoms with E-state index in [1.54, 1.807) is 0 Å². The van der Waals surface area contributed by atoms with E-state index in [0.717, 1.165) is 6.42 Å². The summed E-state index contributed by atoms with van der Waals surface area (Å²) in [6, 6.07) is 28.6. The lowest BCUT2D eigenvalue weighted by atomic mass is 10.0. The Morgan fingerprint density at radius 1 is 0.844 bits per heavy atom. The fourth-order valence-corrected chi connectivity index (χ4v) is 4.09. The van der Waals surface area contributed by atoms with Crippen LogP contribution in [0.2, 0.25) is 0 Å². The van der Waals surface area contributed by atoms with Crippen LogP contribution in [0.15, 0.2) is 109 Å². The van der Waals surface area contributed by atoms with Crippen molar-refractivity contribution in [3.05, 3.63) is 120 Å². The molecule has 1 aliphatic carbocycles. The zero-order chi connectivity index (χ0) is 22.5. The molecule has 1 aliphatic rings. The number of rotatable bonds is 6. The smallest absolute Gasteiger partial charge is 0.0508 e. The molecule has 0 N–H and O–H groups in total. The normalized spacial score (nSPS) is 15.9. The van der Waals surface area contributed by atoms with E-state index in [1.807, 2.05) is 0 Å². The summed E-state index contributed by atoms with van der Waals surface area (Å²) in [7, 11) is 2.18. The molecule has 0 fully saturated rings. The molecule has 0 spiro atoms. The first-order valence-corrected chi connectivity index (χ1v) is 11.3. The van der Waals surface area contributed by atoms with Crippen molar-refractivity contribution in [2.45, 2.75) is 33.2 Å². The Hall–Kier alpha value is -3.52. The summed E-state index contributed by atoms with van der Waals surface area (Å²) in [6.07, 6.45) is 10.1. The van der Waals surface area contributed by atoms with Crippen LogP contribution in [0.4, 0.5) is 17.1 Å². The number of nitrogens with zero attached hydrogens (tertiary/aromatic N) is 2. The van der Waals surface area contributed by atoms with E-state index in [9.17, 15) is 0 Å². The second-order valence-electron chi connectivity index (χ2n) is 8.43. The lowest BCUT2D eigenvalue weighted by molar-refractivity contribution is 0.747. The van der Waals surface area contributed by atoms with Crippen LogP contribution in [0.3, 0.4) is 0 Å². The Balaban J connectivity index is 1.60. The average molecular weight is 421 g/mol. The van der Waals surface area contributed by atoms with Gasteiger partial charge in [0.1, 0.15) is 0 Å². The van der Waals surface area contributed by atoms with Gasteiger partial charge in [0.25, 0.3) is 0 Å². The highest BCUT2D eigenvalue weighted by atomic mass is 15.2. The molecule has 1 unspecified atom stereocenters. The van der Waals surface area contributed by atoms with Crippen LogP contribution >= 0.6 is 0 Å². The van der Waals surface area contributed by atoms with Gasteiger partial charge in [0.05, 0.1) is 6.04 Å². The highest BCUT2D eigenvalue weighted by Gasteiger charge is 2.19. The molecule has 1 atom stereocenters. The second-order valence-corrected chi connectivity index (χ2v) is 8.43. The van der Waals surface area contributed by atoms with Gasteiger partial charge in [-0.2, -0.15) is 0 Å². The zero-order valence-corrected chi connectivity index (χ0v) is 19.5.